The van der Waals surface area contributed by atoms with Crippen molar-refractivity contribution in [1.29, 1.82) is 0 Å². The van der Waals surface area contributed by atoms with Crippen molar-refractivity contribution in [3.63, 3.8) is 0 Å². The number of rotatable bonds is 8. The number of nitro benzene ring substituents is 1. The predicted octanol–water partition coefficient (Wildman–Crippen LogP) is 1.82. The molecule has 0 aliphatic carbocycles. The minimum absolute atomic E-state index is 0.0808. The molecule has 1 aromatic carbocycles. The molecule has 2 rings (SSSR count). The highest BCUT2D eigenvalue weighted by Crippen LogP contribution is 2.18. The van der Waals surface area contributed by atoms with Crippen LogP contribution in [0.5, 0.6) is 0 Å². The maximum absolute atomic E-state index is 12.4. The molecule has 0 aliphatic heterocycles. The molecule has 0 spiro atoms. The van der Waals surface area contributed by atoms with Crippen LogP contribution in [0.3, 0.4) is 0 Å². The molecule has 0 aliphatic rings. The van der Waals surface area contributed by atoms with Gasteiger partial charge in [0.05, 0.1) is 31.1 Å². The van der Waals surface area contributed by atoms with E-state index >= 15 is 0 Å². The van der Waals surface area contributed by atoms with E-state index in [-0.39, 0.29) is 16.9 Å². The first-order valence-electron chi connectivity index (χ1n) is 9.09. The third-order valence-corrected chi connectivity index (χ3v) is 5.41. The van der Waals surface area contributed by atoms with Gasteiger partial charge in [-0.3, -0.25) is 24.0 Å². The number of benzene rings is 1. The summed E-state index contributed by atoms with van der Waals surface area (Å²) in [7, 11) is 1.49. The highest BCUT2D eigenvalue weighted by molar-refractivity contribution is 5.32. The zero-order valence-corrected chi connectivity index (χ0v) is 16.3. The van der Waals surface area contributed by atoms with Crippen LogP contribution in [0.15, 0.2) is 39.9 Å². The van der Waals surface area contributed by atoms with Crippen LogP contribution in [-0.4, -0.2) is 38.2 Å². The number of quaternary nitrogens is 1. The second kappa shape index (κ2) is 8.30. The molecular formula is C19H27N4O4+. The average Bonchev–Trinajstić information content (AvgIpc) is 2.65. The van der Waals surface area contributed by atoms with E-state index < -0.39 is 4.92 Å². The molecule has 0 saturated carbocycles. The third-order valence-electron chi connectivity index (χ3n) is 5.41. The Morgan fingerprint density at radius 1 is 1.11 bits per heavy atom. The summed E-state index contributed by atoms with van der Waals surface area (Å²) >= 11 is 0. The summed E-state index contributed by atoms with van der Waals surface area (Å²) in [6.45, 7) is 9.67. The monoisotopic (exact) mass is 375 g/mol. The molecule has 0 bridgehead atoms. The van der Waals surface area contributed by atoms with Crippen LogP contribution >= 0.6 is 0 Å². The van der Waals surface area contributed by atoms with Crippen molar-refractivity contribution < 1.29 is 9.41 Å². The van der Waals surface area contributed by atoms with Crippen molar-refractivity contribution in [3.05, 3.63) is 72.5 Å². The van der Waals surface area contributed by atoms with Gasteiger partial charge in [-0.25, -0.2) is 4.79 Å². The van der Waals surface area contributed by atoms with E-state index in [0.717, 1.165) is 40.8 Å². The second-order valence-electron chi connectivity index (χ2n) is 6.90. The summed E-state index contributed by atoms with van der Waals surface area (Å²) in [5.41, 5.74) is 1.15. The molecule has 0 radical (unpaired) electrons. The summed E-state index contributed by atoms with van der Waals surface area (Å²) in [5, 5.41) is 10.8. The molecule has 146 valence electrons. The Hall–Kier alpha value is -2.74. The zero-order chi connectivity index (χ0) is 20.2. The van der Waals surface area contributed by atoms with Crippen molar-refractivity contribution in [2.24, 2.45) is 7.05 Å². The minimum atomic E-state index is -0.402. The lowest BCUT2D eigenvalue weighted by Gasteiger charge is -2.37. The van der Waals surface area contributed by atoms with Gasteiger partial charge in [-0.1, -0.05) is 0 Å². The van der Waals surface area contributed by atoms with Gasteiger partial charge in [0.25, 0.3) is 11.2 Å². The average molecular weight is 375 g/mol. The quantitative estimate of drug-likeness (QED) is 0.400. The largest absolute Gasteiger partial charge is 0.331 e. The fourth-order valence-corrected chi connectivity index (χ4v) is 3.32. The predicted molar refractivity (Wildman–Crippen MR) is 104 cm³/mol. The number of nitro groups is 1. The lowest BCUT2D eigenvalue weighted by molar-refractivity contribution is -0.938. The molecule has 0 unspecified atom stereocenters. The molecule has 1 heterocycles. The number of aromatic nitrogens is 2. The van der Waals surface area contributed by atoms with E-state index in [1.165, 1.54) is 25.2 Å². The van der Waals surface area contributed by atoms with Gasteiger partial charge in [-0.05, 0) is 32.9 Å². The van der Waals surface area contributed by atoms with Gasteiger partial charge in [0.1, 0.15) is 6.54 Å². The van der Waals surface area contributed by atoms with Gasteiger partial charge < -0.3 is 4.48 Å². The van der Waals surface area contributed by atoms with Gasteiger partial charge in [-0.15, -0.1) is 0 Å². The summed E-state index contributed by atoms with van der Waals surface area (Å²) in [5.74, 6) is 0. The van der Waals surface area contributed by atoms with Crippen molar-refractivity contribution >= 4 is 5.69 Å². The molecule has 0 N–H and O–H groups in total. The third kappa shape index (κ3) is 4.51. The molecule has 27 heavy (non-hydrogen) atoms. The van der Waals surface area contributed by atoms with E-state index in [1.54, 1.807) is 23.6 Å². The minimum Gasteiger partial charge on any atom is -0.319 e. The van der Waals surface area contributed by atoms with Crippen LogP contribution in [0, 0.1) is 17.0 Å². The van der Waals surface area contributed by atoms with Crippen molar-refractivity contribution in [1.82, 2.24) is 9.13 Å². The molecule has 8 heteroatoms. The van der Waals surface area contributed by atoms with Crippen LogP contribution in [0.2, 0.25) is 0 Å². The number of aryl methyl sites for hydroxylation is 1. The highest BCUT2D eigenvalue weighted by atomic mass is 16.6. The lowest BCUT2D eigenvalue weighted by Crippen LogP contribution is -2.50. The first-order valence-corrected chi connectivity index (χ1v) is 9.09. The Labute approximate surface area is 158 Å². The van der Waals surface area contributed by atoms with Crippen LogP contribution in [0.1, 0.15) is 25.1 Å². The number of nitrogens with zero attached hydrogens (tertiary/aromatic N) is 4. The van der Waals surface area contributed by atoms with E-state index in [4.69, 9.17) is 0 Å². The maximum Gasteiger partial charge on any atom is 0.331 e. The van der Waals surface area contributed by atoms with Crippen molar-refractivity contribution in [2.75, 3.05) is 19.6 Å². The number of likely N-dealkylation sites (N-methyl/N-ethyl adjacent to an activating group) is 1. The van der Waals surface area contributed by atoms with Crippen LogP contribution in [-0.2, 0) is 20.1 Å². The molecule has 8 nitrogen and oxygen atoms in total. The fourth-order valence-electron chi connectivity index (χ4n) is 3.32. The Bertz CT molecular complexity index is 924. The standard InChI is InChI=1S/C19H27N4O4/c1-5-23(6-2,14-16-7-9-17(10-8-16)22(26)27)12-11-21-15(3)13-18(24)20(4)19(21)25/h7-10,13H,5-6,11-12,14H2,1-4H3/q+1. The number of hydrogen-bond acceptors (Lipinski definition) is 4. The van der Waals surface area contributed by atoms with Crippen LogP contribution in [0.25, 0.3) is 0 Å². The molecular weight excluding hydrogens is 348 g/mol. The summed E-state index contributed by atoms with van der Waals surface area (Å²) in [4.78, 5) is 34.6. The fraction of sp³-hybridized carbons (Fsp3) is 0.474. The maximum atomic E-state index is 12.4. The number of non-ortho nitro benzene ring substituents is 1. The first-order chi connectivity index (χ1) is 12.7. The Morgan fingerprint density at radius 2 is 1.70 bits per heavy atom. The van der Waals surface area contributed by atoms with Gasteiger partial charge >= 0.3 is 5.69 Å². The number of hydrogen-bond donors (Lipinski definition) is 0. The van der Waals surface area contributed by atoms with E-state index in [1.807, 2.05) is 0 Å². The highest BCUT2D eigenvalue weighted by Gasteiger charge is 2.24. The van der Waals surface area contributed by atoms with Gasteiger partial charge in [0.2, 0.25) is 0 Å². The van der Waals surface area contributed by atoms with Crippen molar-refractivity contribution in [3.8, 4) is 0 Å². The SMILES string of the molecule is CC[N+](CC)(CCn1c(C)cc(=O)n(C)c1=O)Cc1ccc([N+](=O)[O-])cc1. The molecule has 2 aromatic rings. The lowest BCUT2D eigenvalue weighted by atomic mass is 10.1. The second-order valence-corrected chi connectivity index (χ2v) is 6.90. The van der Waals surface area contributed by atoms with Gasteiger partial charge in [0, 0.05) is 36.5 Å². The van der Waals surface area contributed by atoms with Crippen LogP contribution in [0.4, 0.5) is 5.69 Å². The topological polar surface area (TPSA) is 87.1 Å². The van der Waals surface area contributed by atoms with E-state index in [0.29, 0.717) is 12.2 Å². The van der Waals surface area contributed by atoms with Gasteiger partial charge in [-0.2, -0.15) is 0 Å². The van der Waals surface area contributed by atoms with E-state index in [9.17, 15) is 19.7 Å². The Balaban J connectivity index is 2.24. The zero-order valence-electron chi connectivity index (χ0n) is 16.3. The summed E-state index contributed by atoms with van der Waals surface area (Å²) in [6.07, 6.45) is 0. The Morgan fingerprint density at radius 3 is 2.22 bits per heavy atom. The molecule has 0 amide bonds. The smallest absolute Gasteiger partial charge is 0.319 e. The van der Waals surface area contributed by atoms with E-state index in [2.05, 4.69) is 13.8 Å². The molecule has 0 fully saturated rings. The Kier molecular flexibility index (Phi) is 6.32. The summed E-state index contributed by atoms with van der Waals surface area (Å²) in [6, 6.07) is 8.11. The summed E-state index contributed by atoms with van der Waals surface area (Å²) < 4.78 is 3.50. The van der Waals surface area contributed by atoms with Crippen molar-refractivity contribution in [2.45, 2.75) is 33.9 Å². The molecule has 1 aromatic heterocycles. The first kappa shape index (κ1) is 20.6. The molecule has 0 atom stereocenters. The normalized spacial score (nSPS) is 11.6. The van der Waals surface area contributed by atoms with Crippen LogP contribution < -0.4 is 11.2 Å². The van der Waals surface area contributed by atoms with Gasteiger partial charge in [0.15, 0.2) is 0 Å². The molecule has 0 saturated heterocycles.